The van der Waals surface area contributed by atoms with Crippen LogP contribution in [0.3, 0.4) is 0 Å². The average molecular weight is 426 g/mol. The summed E-state index contributed by atoms with van der Waals surface area (Å²) >= 11 is 0. The van der Waals surface area contributed by atoms with Gasteiger partial charge in [-0.05, 0) is 48.7 Å². The number of benzene rings is 2. The Kier molecular flexibility index (Phi) is 4.96. The Bertz CT molecular complexity index is 1340. The van der Waals surface area contributed by atoms with Gasteiger partial charge in [0.15, 0.2) is 5.82 Å². The highest BCUT2D eigenvalue weighted by atomic mass is 32.2. The van der Waals surface area contributed by atoms with Gasteiger partial charge in [-0.25, -0.2) is 27.9 Å². The van der Waals surface area contributed by atoms with Gasteiger partial charge in [0.2, 0.25) is 10.0 Å². The first-order valence-electron chi connectivity index (χ1n) is 9.04. The molecule has 30 heavy (non-hydrogen) atoms. The molecule has 0 saturated carbocycles. The number of hydrogen-bond donors (Lipinski definition) is 2. The highest BCUT2D eigenvalue weighted by Gasteiger charge is 2.21. The summed E-state index contributed by atoms with van der Waals surface area (Å²) in [5.74, 6) is 0.0879. The molecule has 4 aromatic rings. The zero-order chi connectivity index (χ0) is 21.5. The second-order valence-electron chi connectivity index (χ2n) is 7.02. The Hall–Kier alpha value is -3.37. The number of hydrogen-bond acceptors (Lipinski definition) is 6. The van der Waals surface area contributed by atoms with E-state index in [0.29, 0.717) is 28.1 Å². The van der Waals surface area contributed by atoms with Crippen LogP contribution in [-0.4, -0.2) is 28.6 Å². The molecule has 0 spiro atoms. The molecular weight excluding hydrogens is 407 g/mol. The van der Waals surface area contributed by atoms with Crippen LogP contribution in [0.5, 0.6) is 0 Å². The average Bonchev–Trinajstić information content (AvgIpc) is 3.18. The lowest BCUT2D eigenvalue weighted by atomic mass is 10.1. The standard InChI is InChI=1S/C20H19FN6O2S/c1-12-7-13(2)18(21)17(8-12)27(20-19-16(9-25-26-19)23-11-24-20)10-14-3-5-15(6-4-14)30(22,28)29/h3-9,11H,10H2,1-2H3,(H,25,26)(H2,22,28,29). The van der Waals surface area contributed by atoms with E-state index < -0.39 is 10.0 Å². The van der Waals surface area contributed by atoms with E-state index in [9.17, 15) is 8.42 Å². The van der Waals surface area contributed by atoms with E-state index in [1.165, 1.54) is 18.5 Å². The summed E-state index contributed by atoms with van der Waals surface area (Å²) in [6.07, 6.45) is 2.96. The number of anilines is 2. The first-order valence-corrected chi connectivity index (χ1v) is 10.6. The molecule has 0 saturated heterocycles. The number of halogens is 1. The third-order valence-electron chi connectivity index (χ3n) is 4.74. The highest BCUT2D eigenvalue weighted by molar-refractivity contribution is 7.89. The summed E-state index contributed by atoms with van der Waals surface area (Å²) in [5.41, 5.74) is 3.66. The summed E-state index contributed by atoms with van der Waals surface area (Å²) < 4.78 is 38.2. The third kappa shape index (κ3) is 3.74. The fourth-order valence-electron chi connectivity index (χ4n) is 3.32. The van der Waals surface area contributed by atoms with Gasteiger partial charge in [-0.3, -0.25) is 5.10 Å². The molecule has 0 unspecified atom stereocenters. The van der Waals surface area contributed by atoms with E-state index in [-0.39, 0.29) is 17.3 Å². The van der Waals surface area contributed by atoms with Crippen LogP contribution in [0.4, 0.5) is 15.9 Å². The van der Waals surface area contributed by atoms with Crippen LogP contribution in [0.2, 0.25) is 0 Å². The number of H-pyrrole nitrogens is 1. The maximum Gasteiger partial charge on any atom is 0.238 e. The van der Waals surface area contributed by atoms with Crippen molar-refractivity contribution >= 4 is 32.6 Å². The molecule has 0 bridgehead atoms. The maximum absolute atomic E-state index is 15.2. The van der Waals surface area contributed by atoms with Crippen LogP contribution >= 0.6 is 0 Å². The summed E-state index contributed by atoms with van der Waals surface area (Å²) in [5, 5.41) is 12.1. The molecule has 0 aliphatic carbocycles. The summed E-state index contributed by atoms with van der Waals surface area (Å²) in [6, 6.07) is 9.63. The predicted molar refractivity (Wildman–Crippen MR) is 111 cm³/mol. The van der Waals surface area contributed by atoms with E-state index in [2.05, 4.69) is 20.2 Å². The van der Waals surface area contributed by atoms with Gasteiger partial charge >= 0.3 is 0 Å². The van der Waals surface area contributed by atoms with Crippen molar-refractivity contribution in [3.05, 3.63) is 71.4 Å². The molecule has 0 amide bonds. The van der Waals surface area contributed by atoms with E-state index >= 15 is 4.39 Å². The van der Waals surface area contributed by atoms with E-state index in [4.69, 9.17) is 5.14 Å². The zero-order valence-corrected chi connectivity index (χ0v) is 17.1. The van der Waals surface area contributed by atoms with E-state index in [1.807, 2.05) is 6.92 Å². The molecule has 0 radical (unpaired) electrons. The van der Waals surface area contributed by atoms with Gasteiger partial charge in [-0.15, -0.1) is 0 Å². The van der Waals surface area contributed by atoms with Crippen molar-refractivity contribution in [2.24, 2.45) is 5.14 Å². The largest absolute Gasteiger partial charge is 0.317 e. The Morgan fingerprint density at radius 3 is 2.57 bits per heavy atom. The van der Waals surface area contributed by atoms with Gasteiger partial charge in [-0.2, -0.15) is 5.10 Å². The topological polar surface area (TPSA) is 118 Å². The van der Waals surface area contributed by atoms with Crippen LogP contribution in [0, 0.1) is 19.7 Å². The van der Waals surface area contributed by atoms with Crippen LogP contribution in [-0.2, 0) is 16.6 Å². The van der Waals surface area contributed by atoms with Crippen LogP contribution in [0.1, 0.15) is 16.7 Å². The Labute approximate surface area is 172 Å². The smallest absolute Gasteiger partial charge is 0.238 e. The Balaban J connectivity index is 1.86. The van der Waals surface area contributed by atoms with Gasteiger partial charge in [0.05, 0.1) is 16.8 Å². The minimum atomic E-state index is -3.80. The number of primary sulfonamides is 1. The summed E-state index contributed by atoms with van der Waals surface area (Å²) in [6.45, 7) is 3.83. The van der Waals surface area contributed by atoms with Gasteiger partial charge in [0, 0.05) is 6.54 Å². The zero-order valence-electron chi connectivity index (χ0n) is 16.3. The number of nitrogens with two attached hydrogens (primary N) is 1. The quantitative estimate of drug-likeness (QED) is 0.506. The number of fused-ring (bicyclic) bond motifs is 1. The first-order chi connectivity index (χ1) is 14.2. The molecule has 2 aromatic heterocycles. The van der Waals surface area contributed by atoms with Crippen molar-refractivity contribution in [3.8, 4) is 0 Å². The second kappa shape index (κ2) is 7.47. The second-order valence-corrected chi connectivity index (χ2v) is 8.58. The lowest BCUT2D eigenvalue weighted by molar-refractivity contribution is 0.598. The SMILES string of the molecule is Cc1cc(C)c(F)c(N(Cc2ccc(S(N)(=O)=O)cc2)c2ncnc3cn[nH]c23)c1. The van der Waals surface area contributed by atoms with Crippen molar-refractivity contribution in [2.45, 2.75) is 25.3 Å². The number of aromatic amines is 1. The van der Waals surface area contributed by atoms with Crippen molar-refractivity contribution in [2.75, 3.05) is 4.90 Å². The number of sulfonamides is 1. The maximum atomic E-state index is 15.2. The minimum absolute atomic E-state index is 0.00775. The normalized spacial score (nSPS) is 11.7. The van der Waals surface area contributed by atoms with Gasteiger partial charge < -0.3 is 4.90 Å². The molecule has 4 rings (SSSR count). The summed E-state index contributed by atoms with van der Waals surface area (Å²) in [4.78, 5) is 10.3. The molecule has 2 heterocycles. The first kappa shape index (κ1) is 19.9. The molecule has 10 heteroatoms. The lowest BCUT2D eigenvalue weighted by Gasteiger charge is -2.26. The Morgan fingerprint density at radius 1 is 1.13 bits per heavy atom. The molecule has 3 N–H and O–H groups in total. The van der Waals surface area contributed by atoms with Crippen LogP contribution in [0.15, 0.2) is 53.8 Å². The van der Waals surface area contributed by atoms with E-state index in [0.717, 1.165) is 11.1 Å². The molecule has 0 fully saturated rings. The molecule has 8 nitrogen and oxygen atoms in total. The number of aromatic nitrogens is 4. The Morgan fingerprint density at radius 2 is 1.87 bits per heavy atom. The molecule has 0 aliphatic rings. The fourth-order valence-corrected chi connectivity index (χ4v) is 3.84. The minimum Gasteiger partial charge on any atom is -0.317 e. The number of nitrogens with zero attached hydrogens (tertiary/aromatic N) is 4. The number of nitrogens with one attached hydrogen (secondary N) is 1. The summed E-state index contributed by atoms with van der Waals surface area (Å²) in [7, 11) is -3.80. The highest BCUT2D eigenvalue weighted by Crippen LogP contribution is 2.34. The van der Waals surface area contributed by atoms with Crippen LogP contribution in [0.25, 0.3) is 11.0 Å². The molecule has 0 aliphatic heterocycles. The number of aryl methyl sites for hydroxylation is 2. The van der Waals surface area contributed by atoms with Gasteiger partial charge in [0.25, 0.3) is 0 Å². The van der Waals surface area contributed by atoms with E-state index in [1.54, 1.807) is 42.3 Å². The third-order valence-corrected chi connectivity index (χ3v) is 5.67. The van der Waals surface area contributed by atoms with Crippen molar-refractivity contribution in [3.63, 3.8) is 0 Å². The molecule has 0 atom stereocenters. The predicted octanol–water partition coefficient (Wildman–Crippen LogP) is 3.09. The van der Waals surface area contributed by atoms with Gasteiger partial charge in [0.1, 0.15) is 23.2 Å². The molecule has 2 aromatic carbocycles. The van der Waals surface area contributed by atoms with Crippen molar-refractivity contribution in [1.29, 1.82) is 0 Å². The van der Waals surface area contributed by atoms with Crippen LogP contribution < -0.4 is 10.0 Å². The molecule has 154 valence electrons. The van der Waals surface area contributed by atoms with Crippen molar-refractivity contribution in [1.82, 2.24) is 20.2 Å². The van der Waals surface area contributed by atoms with Crippen molar-refractivity contribution < 1.29 is 12.8 Å². The fraction of sp³-hybridized carbons (Fsp3) is 0.150. The lowest BCUT2D eigenvalue weighted by Crippen LogP contribution is -2.20. The number of rotatable bonds is 5. The monoisotopic (exact) mass is 426 g/mol. The van der Waals surface area contributed by atoms with Gasteiger partial charge in [-0.1, -0.05) is 18.2 Å². The molecular formula is C20H19FN6O2S.